The van der Waals surface area contributed by atoms with E-state index in [0.29, 0.717) is 12.3 Å². The summed E-state index contributed by atoms with van der Waals surface area (Å²) < 4.78 is 5.00. The van der Waals surface area contributed by atoms with Gasteiger partial charge in [0.05, 0.1) is 12.1 Å². The SMILES string of the molecule is Cc1cc(CC(=O)N2CCC(c3ccccc3)C2)no1. The fourth-order valence-electron chi connectivity index (χ4n) is 2.75. The highest BCUT2D eigenvalue weighted by atomic mass is 16.5. The lowest BCUT2D eigenvalue weighted by Crippen LogP contribution is -2.29. The number of aromatic nitrogens is 1. The van der Waals surface area contributed by atoms with E-state index in [1.54, 1.807) is 0 Å². The van der Waals surface area contributed by atoms with Gasteiger partial charge in [-0.2, -0.15) is 0 Å². The molecule has 0 aliphatic carbocycles. The van der Waals surface area contributed by atoms with Gasteiger partial charge in [0.1, 0.15) is 5.76 Å². The Morgan fingerprint density at radius 1 is 1.40 bits per heavy atom. The lowest BCUT2D eigenvalue weighted by Gasteiger charge is -2.16. The Kier molecular flexibility index (Phi) is 3.54. The smallest absolute Gasteiger partial charge is 0.228 e. The summed E-state index contributed by atoms with van der Waals surface area (Å²) in [6.45, 7) is 3.47. The second-order valence-electron chi connectivity index (χ2n) is 5.34. The molecule has 1 aromatic carbocycles. The highest BCUT2D eigenvalue weighted by molar-refractivity contribution is 5.78. The highest BCUT2D eigenvalue weighted by Gasteiger charge is 2.27. The number of amides is 1. The Hall–Kier alpha value is -2.10. The van der Waals surface area contributed by atoms with Crippen LogP contribution in [0.25, 0.3) is 0 Å². The molecule has 1 aromatic heterocycles. The molecule has 0 N–H and O–H groups in total. The van der Waals surface area contributed by atoms with E-state index in [2.05, 4.69) is 29.4 Å². The van der Waals surface area contributed by atoms with Crippen molar-refractivity contribution in [1.82, 2.24) is 10.1 Å². The number of nitrogens with zero attached hydrogens (tertiary/aromatic N) is 2. The number of carbonyl (C=O) groups excluding carboxylic acids is 1. The maximum absolute atomic E-state index is 12.2. The number of carbonyl (C=O) groups is 1. The maximum atomic E-state index is 12.2. The molecule has 2 aromatic rings. The third-order valence-corrected chi connectivity index (χ3v) is 3.82. The van der Waals surface area contributed by atoms with E-state index < -0.39 is 0 Å². The van der Waals surface area contributed by atoms with Crippen molar-refractivity contribution in [3.05, 3.63) is 53.4 Å². The topological polar surface area (TPSA) is 46.3 Å². The van der Waals surface area contributed by atoms with Gasteiger partial charge in [-0.05, 0) is 18.9 Å². The first-order valence-corrected chi connectivity index (χ1v) is 6.97. The Morgan fingerprint density at radius 3 is 2.90 bits per heavy atom. The molecular formula is C16H18N2O2. The van der Waals surface area contributed by atoms with Gasteiger partial charge in [-0.25, -0.2) is 0 Å². The molecule has 0 saturated carbocycles. The third kappa shape index (κ3) is 2.74. The molecule has 3 rings (SSSR count). The van der Waals surface area contributed by atoms with E-state index >= 15 is 0 Å². The first-order chi connectivity index (χ1) is 9.72. The van der Waals surface area contributed by atoms with Crippen LogP contribution in [0.15, 0.2) is 40.9 Å². The van der Waals surface area contributed by atoms with Crippen molar-refractivity contribution in [2.24, 2.45) is 0 Å². The van der Waals surface area contributed by atoms with Crippen molar-refractivity contribution in [1.29, 1.82) is 0 Å². The predicted octanol–water partition coefficient (Wildman–Crippen LogP) is 2.54. The van der Waals surface area contributed by atoms with E-state index in [9.17, 15) is 4.79 Å². The van der Waals surface area contributed by atoms with Crippen LogP contribution in [0.2, 0.25) is 0 Å². The van der Waals surface area contributed by atoms with Gasteiger partial charge in [-0.15, -0.1) is 0 Å². The molecule has 1 aliphatic heterocycles. The number of likely N-dealkylation sites (tertiary alicyclic amines) is 1. The minimum Gasteiger partial charge on any atom is -0.361 e. The zero-order valence-electron chi connectivity index (χ0n) is 11.6. The lowest BCUT2D eigenvalue weighted by molar-refractivity contribution is -0.129. The molecular weight excluding hydrogens is 252 g/mol. The maximum Gasteiger partial charge on any atom is 0.228 e. The van der Waals surface area contributed by atoms with Crippen LogP contribution < -0.4 is 0 Å². The number of hydrogen-bond donors (Lipinski definition) is 0. The summed E-state index contributed by atoms with van der Waals surface area (Å²) >= 11 is 0. The number of aryl methyl sites for hydroxylation is 1. The predicted molar refractivity (Wildman–Crippen MR) is 75.3 cm³/mol. The zero-order chi connectivity index (χ0) is 13.9. The Morgan fingerprint density at radius 2 is 2.20 bits per heavy atom. The van der Waals surface area contributed by atoms with E-state index in [0.717, 1.165) is 31.0 Å². The van der Waals surface area contributed by atoms with Crippen LogP contribution >= 0.6 is 0 Å². The monoisotopic (exact) mass is 270 g/mol. The quantitative estimate of drug-likeness (QED) is 0.861. The average Bonchev–Trinajstić information content (AvgIpc) is 3.09. The molecule has 1 fully saturated rings. The summed E-state index contributed by atoms with van der Waals surface area (Å²) in [6.07, 6.45) is 1.37. The van der Waals surface area contributed by atoms with Crippen LogP contribution in [-0.2, 0) is 11.2 Å². The van der Waals surface area contributed by atoms with Crippen molar-refractivity contribution >= 4 is 5.91 Å². The molecule has 1 amide bonds. The van der Waals surface area contributed by atoms with Gasteiger partial charge >= 0.3 is 0 Å². The fourth-order valence-corrected chi connectivity index (χ4v) is 2.75. The largest absolute Gasteiger partial charge is 0.361 e. The van der Waals surface area contributed by atoms with Crippen LogP contribution in [0.5, 0.6) is 0 Å². The summed E-state index contributed by atoms with van der Waals surface area (Å²) in [5, 5.41) is 3.88. The number of rotatable bonds is 3. The van der Waals surface area contributed by atoms with Gasteiger partial charge in [-0.1, -0.05) is 35.5 Å². The van der Waals surface area contributed by atoms with E-state index in [-0.39, 0.29) is 5.91 Å². The summed E-state index contributed by atoms with van der Waals surface area (Å²) in [4.78, 5) is 14.2. The van der Waals surface area contributed by atoms with E-state index in [1.807, 2.05) is 24.0 Å². The Bertz CT molecular complexity index is 592. The van der Waals surface area contributed by atoms with Gasteiger partial charge in [-0.3, -0.25) is 4.79 Å². The summed E-state index contributed by atoms with van der Waals surface area (Å²) in [5.41, 5.74) is 2.04. The molecule has 0 radical (unpaired) electrons. The Balaban J connectivity index is 1.61. The Labute approximate surface area is 118 Å². The average molecular weight is 270 g/mol. The molecule has 1 saturated heterocycles. The molecule has 20 heavy (non-hydrogen) atoms. The van der Waals surface area contributed by atoms with Crippen LogP contribution in [0.3, 0.4) is 0 Å². The molecule has 0 spiro atoms. The van der Waals surface area contributed by atoms with Crippen LogP contribution in [-0.4, -0.2) is 29.1 Å². The highest BCUT2D eigenvalue weighted by Crippen LogP contribution is 2.27. The molecule has 104 valence electrons. The van der Waals surface area contributed by atoms with Crippen molar-refractivity contribution < 1.29 is 9.32 Å². The lowest BCUT2D eigenvalue weighted by atomic mass is 9.99. The minimum atomic E-state index is 0.136. The molecule has 1 atom stereocenters. The van der Waals surface area contributed by atoms with Gasteiger partial charge < -0.3 is 9.42 Å². The molecule has 1 aliphatic rings. The first kappa shape index (κ1) is 12.9. The zero-order valence-corrected chi connectivity index (χ0v) is 11.6. The fraction of sp³-hybridized carbons (Fsp3) is 0.375. The van der Waals surface area contributed by atoms with E-state index in [1.165, 1.54) is 5.56 Å². The van der Waals surface area contributed by atoms with Gasteiger partial charge in [0, 0.05) is 25.1 Å². The molecule has 1 unspecified atom stereocenters. The molecule has 4 nitrogen and oxygen atoms in total. The van der Waals surface area contributed by atoms with Crippen LogP contribution in [0.1, 0.15) is 29.4 Å². The van der Waals surface area contributed by atoms with Gasteiger partial charge in [0.15, 0.2) is 0 Å². The molecule has 0 bridgehead atoms. The summed E-state index contributed by atoms with van der Waals surface area (Å²) in [7, 11) is 0. The molecule has 2 heterocycles. The minimum absolute atomic E-state index is 0.136. The van der Waals surface area contributed by atoms with Crippen LogP contribution in [0.4, 0.5) is 0 Å². The van der Waals surface area contributed by atoms with Crippen LogP contribution in [0, 0.1) is 6.92 Å². The summed E-state index contributed by atoms with van der Waals surface area (Å²) in [6, 6.07) is 12.2. The summed E-state index contributed by atoms with van der Waals surface area (Å²) in [5.74, 6) is 1.34. The van der Waals surface area contributed by atoms with Crippen molar-refractivity contribution in [3.8, 4) is 0 Å². The van der Waals surface area contributed by atoms with Gasteiger partial charge in [0.2, 0.25) is 5.91 Å². The van der Waals surface area contributed by atoms with E-state index in [4.69, 9.17) is 4.52 Å². The second-order valence-corrected chi connectivity index (χ2v) is 5.34. The number of benzene rings is 1. The standard InChI is InChI=1S/C16H18N2O2/c1-12-9-15(17-20-12)10-16(19)18-8-7-14(11-18)13-5-3-2-4-6-13/h2-6,9,14H,7-8,10-11H2,1H3. The third-order valence-electron chi connectivity index (χ3n) is 3.82. The van der Waals surface area contributed by atoms with Crippen molar-refractivity contribution in [2.45, 2.75) is 25.7 Å². The first-order valence-electron chi connectivity index (χ1n) is 6.97. The normalized spacial score (nSPS) is 18.4. The van der Waals surface area contributed by atoms with Crippen molar-refractivity contribution in [3.63, 3.8) is 0 Å². The van der Waals surface area contributed by atoms with Gasteiger partial charge in [0.25, 0.3) is 0 Å². The molecule has 4 heteroatoms. The van der Waals surface area contributed by atoms with Crippen molar-refractivity contribution in [2.75, 3.05) is 13.1 Å². The number of hydrogen-bond acceptors (Lipinski definition) is 3. The second kappa shape index (κ2) is 5.49.